The number of ether oxygens (including phenoxy) is 3. The maximum atomic E-state index is 12.2. The van der Waals surface area contributed by atoms with Crippen molar-refractivity contribution in [1.82, 2.24) is 0 Å². The lowest BCUT2D eigenvalue weighted by Crippen LogP contribution is -2.19. The number of esters is 1. The van der Waals surface area contributed by atoms with Gasteiger partial charge in [-0.2, -0.15) is 0 Å². The van der Waals surface area contributed by atoms with Crippen molar-refractivity contribution in [3.05, 3.63) is 53.1 Å². The molecule has 0 aliphatic rings. The molecular formula is C18H20N2O5. The zero-order valence-electron chi connectivity index (χ0n) is 14.3. The molecule has 2 rings (SSSR count). The first-order valence-electron chi connectivity index (χ1n) is 7.49. The minimum absolute atomic E-state index is 0.0818. The Bertz CT molecular complexity index is 789. The molecule has 2 amide bonds. The van der Waals surface area contributed by atoms with Crippen LogP contribution in [0.4, 0.5) is 10.5 Å². The number of methoxy groups -OCH3 is 2. The van der Waals surface area contributed by atoms with E-state index >= 15 is 0 Å². The third-order valence-corrected chi connectivity index (χ3v) is 3.57. The SMILES string of the molecule is COc1cc(C)c(COC(=O)c2cccc(NC(N)=O)c2)cc1OC. The van der Waals surface area contributed by atoms with Gasteiger partial charge in [-0.05, 0) is 48.4 Å². The smallest absolute Gasteiger partial charge is 0.338 e. The van der Waals surface area contributed by atoms with Crippen LogP contribution in [0, 0.1) is 6.92 Å². The van der Waals surface area contributed by atoms with Gasteiger partial charge in [0.25, 0.3) is 0 Å². The lowest BCUT2D eigenvalue weighted by Gasteiger charge is -2.13. The molecule has 0 saturated heterocycles. The molecule has 132 valence electrons. The van der Waals surface area contributed by atoms with E-state index in [0.717, 1.165) is 11.1 Å². The monoisotopic (exact) mass is 344 g/mol. The molecule has 0 bridgehead atoms. The van der Waals surface area contributed by atoms with E-state index in [-0.39, 0.29) is 6.61 Å². The van der Waals surface area contributed by atoms with Gasteiger partial charge in [-0.25, -0.2) is 9.59 Å². The zero-order valence-corrected chi connectivity index (χ0v) is 14.3. The van der Waals surface area contributed by atoms with Crippen LogP contribution in [0.15, 0.2) is 36.4 Å². The van der Waals surface area contributed by atoms with Crippen LogP contribution < -0.4 is 20.5 Å². The first-order valence-corrected chi connectivity index (χ1v) is 7.49. The third-order valence-electron chi connectivity index (χ3n) is 3.57. The number of hydrogen-bond acceptors (Lipinski definition) is 5. The van der Waals surface area contributed by atoms with Gasteiger partial charge in [0.1, 0.15) is 6.61 Å². The van der Waals surface area contributed by atoms with Gasteiger partial charge in [0.2, 0.25) is 0 Å². The normalized spacial score (nSPS) is 10.0. The topological polar surface area (TPSA) is 99.9 Å². The molecule has 0 aliphatic carbocycles. The lowest BCUT2D eigenvalue weighted by atomic mass is 10.1. The van der Waals surface area contributed by atoms with Crippen LogP contribution in [0.1, 0.15) is 21.5 Å². The summed E-state index contributed by atoms with van der Waals surface area (Å²) in [5.41, 5.74) is 7.51. The molecule has 7 heteroatoms. The van der Waals surface area contributed by atoms with Gasteiger partial charge >= 0.3 is 12.0 Å². The second-order valence-corrected chi connectivity index (χ2v) is 5.28. The highest BCUT2D eigenvalue weighted by molar-refractivity contribution is 5.93. The number of benzene rings is 2. The van der Waals surface area contributed by atoms with E-state index in [2.05, 4.69) is 5.32 Å². The summed E-state index contributed by atoms with van der Waals surface area (Å²) in [6.45, 7) is 1.97. The van der Waals surface area contributed by atoms with Crippen molar-refractivity contribution in [2.45, 2.75) is 13.5 Å². The highest BCUT2D eigenvalue weighted by atomic mass is 16.5. The molecule has 0 atom stereocenters. The molecule has 0 heterocycles. The van der Waals surface area contributed by atoms with Crippen molar-refractivity contribution in [1.29, 1.82) is 0 Å². The highest BCUT2D eigenvalue weighted by Crippen LogP contribution is 2.30. The first kappa shape index (κ1) is 18.1. The van der Waals surface area contributed by atoms with Crippen LogP contribution >= 0.6 is 0 Å². The summed E-state index contributed by atoms with van der Waals surface area (Å²) in [6, 6.07) is 9.23. The molecule has 0 aromatic heterocycles. The molecule has 0 spiro atoms. The van der Waals surface area contributed by atoms with Crippen molar-refractivity contribution in [3.8, 4) is 11.5 Å². The summed E-state index contributed by atoms with van der Waals surface area (Å²) in [5.74, 6) is 0.661. The number of aryl methyl sites for hydroxylation is 1. The van der Waals surface area contributed by atoms with Crippen molar-refractivity contribution in [2.75, 3.05) is 19.5 Å². The van der Waals surface area contributed by atoms with E-state index in [1.165, 1.54) is 6.07 Å². The summed E-state index contributed by atoms with van der Waals surface area (Å²) >= 11 is 0. The molecular weight excluding hydrogens is 324 g/mol. The van der Waals surface area contributed by atoms with Crippen molar-refractivity contribution >= 4 is 17.7 Å². The maximum Gasteiger partial charge on any atom is 0.338 e. The van der Waals surface area contributed by atoms with Gasteiger partial charge < -0.3 is 25.3 Å². The van der Waals surface area contributed by atoms with Crippen LogP contribution in [0.3, 0.4) is 0 Å². The zero-order chi connectivity index (χ0) is 18.4. The molecule has 0 saturated carbocycles. The van der Waals surface area contributed by atoms with Crippen LogP contribution in [-0.2, 0) is 11.3 Å². The lowest BCUT2D eigenvalue weighted by molar-refractivity contribution is 0.0472. The fourth-order valence-corrected chi connectivity index (χ4v) is 2.27. The molecule has 2 aromatic rings. The Balaban J connectivity index is 2.11. The second-order valence-electron chi connectivity index (χ2n) is 5.28. The highest BCUT2D eigenvalue weighted by Gasteiger charge is 2.12. The van der Waals surface area contributed by atoms with Gasteiger partial charge in [0.05, 0.1) is 19.8 Å². The molecule has 25 heavy (non-hydrogen) atoms. The average molecular weight is 344 g/mol. The van der Waals surface area contributed by atoms with Crippen molar-refractivity contribution in [3.63, 3.8) is 0 Å². The largest absolute Gasteiger partial charge is 0.493 e. The number of nitrogens with two attached hydrogens (primary N) is 1. The average Bonchev–Trinajstić information content (AvgIpc) is 2.59. The Morgan fingerprint density at radius 1 is 1.08 bits per heavy atom. The fraction of sp³-hybridized carbons (Fsp3) is 0.222. The number of urea groups is 1. The molecule has 0 radical (unpaired) electrons. The predicted molar refractivity (Wildman–Crippen MR) is 93.1 cm³/mol. The summed E-state index contributed by atoms with van der Waals surface area (Å²) in [4.78, 5) is 23.1. The molecule has 0 unspecified atom stereocenters. The van der Waals surface area contributed by atoms with Crippen LogP contribution in [0.5, 0.6) is 11.5 Å². The Labute approximate surface area is 145 Å². The van der Waals surface area contributed by atoms with Crippen LogP contribution in [-0.4, -0.2) is 26.2 Å². The number of nitrogens with one attached hydrogen (secondary N) is 1. The first-order chi connectivity index (χ1) is 11.9. The minimum Gasteiger partial charge on any atom is -0.493 e. The van der Waals surface area contributed by atoms with E-state index in [1.54, 1.807) is 38.5 Å². The Kier molecular flexibility index (Phi) is 5.84. The van der Waals surface area contributed by atoms with E-state index in [0.29, 0.717) is 22.7 Å². The van der Waals surface area contributed by atoms with E-state index < -0.39 is 12.0 Å². The number of rotatable bonds is 6. The maximum absolute atomic E-state index is 12.2. The quantitative estimate of drug-likeness (QED) is 0.785. The Hall–Kier alpha value is -3.22. The number of hydrogen-bond donors (Lipinski definition) is 2. The van der Waals surface area contributed by atoms with E-state index in [9.17, 15) is 9.59 Å². The second kappa shape index (κ2) is 8.05. The summed E-state index contributed by atoms with van der Waals surface area (Å²) in [5, 5.41) is 2.41. The Morgan fingerprint density at radius 2 is 1.76 bits per heavy atom. The molecule has 0 aliphatic heterocycles. The molecule has 0 fully saturated rings. The van der Waals surface area contributed by atoms with Gasteiger partial charge in [-0.3, -0.25) is 0 Å². The predicted octanol–water partition coefficient (Wildman–Crippen LogP) is 2.86. The number of anilines is 1. The fourth-order valence-electron chi connectivity index (χ4n) is 2.27. The van der Waals surface area contributed by atoms with Gasteiger partial charge in [-0.15, -0.1) is 0 Å². The number of carbonyl (C=O) groups is 2. The standard InChI is InChI=1S/C18H20N2O5/c1-11-7-15(23-2)16(24-3)9-13(11)10-25-17(21)12-5-4-6-14(8-12)20-18(19)22/h4-9H,10H2,1-3H3,(H3,19,20,22). The van der Waals surface area contributed by atoms with Gasteiger partial charge in [0.15, 0.2) is 11.5 Å². The third kappa shape index (κ3) is 4.63. The van der Waals surface area contributed by atoms with Gasteiger partial charge in [0, 0.05) is 5.69 Å². The van der Waals surface area contributed by atoms with E-state index in [1.807, 2.05) is 13.0 Å². The number of amides is 2. The summed E-state index contributed by atoms with van der Waals surface area (Å²) in [6.07, 6.45) is 0. The van der Waals surface area contributed by atoms with Gasteiger partial charge in [-0.1, -0.05) is 6.07 Å². The number of primary amides is 1. The Morgan fingerprint density at radius 3 is 2.40 bits per heavy atom. The molecule has 3 N–H and O–H groups in total. The van der Waals surface area contributed by atoms with Crippen LogP contribution in [0.25, 0.3) is 0 Å². The molecule has 2 aromatic carbocycles. The van der Waals surface area contributed by atoms with Crippen molar-refractivity contribution < 1.29 is 23.8 Å². The van der Waals surface area contributed by atoms with E-state index in [4.69, 9.17) is 19.9 Å². The molecule has 7 nitrogen and oxygen atoms in total. The number of carbonyl (C=O) groups excluding carboxylic acids is 2. The summed E-state index contributed by atoms with van der Waals surface area (Å²) in [7, 11) is 3.10. The minimum atomic E-state index is -0.702. The van der Waals surface area contributed by atoms with Crippen LogP contribution in [0.2, 0.25) is 0 Å². The van der Waals surface area contributed by atoms with Crippen molar-refractivity contribution in [2.24, 2.45) is 5.73 Å². The summed E-state index contributed by atoms with van der Waals surface area (Å²) < 4.78 is 15.8.